The summed E-state index contributed by atoms with van der Waals surface area (Å²) in [7, 11) is 0. The molecule has 2 aromatic heterocycles. The summed E-state index contributed by atoms with van der Waals surface area (Å²) < 4.78 is 5.24. The minimum absolute atomic E-state index is 0.200. The average Bonchev–Trinajstić information content (AvgIpc) is 3.22. The zero-order valence-electron chi connectivity index (χ0n) is 15.2. The van der Waals surface area contributed by atoms with Gasteiger partial charge < -0.3 is 4.74 Å². The number of benzene rings is 2. The van der Waals surface area contributed by atoms with Gasteiger partial charge in [0.2, 0.25) is 0 Å². The number of halogens is 1. The third kappa shape index (κ3) is 4.62. The van der Waals surface area contributed by atoms with Crippen LogP contribution in [-0.4, -0.2) is 16.1 Å². The number of pyridine rings is 1. The van der Waals surface area contributed by atoms with E-state index in [0.717, 1.165) is 27.1 Å². The number of anilines is 1. The van der Waals surface area contributed by atoms with Gasteiger partial charge in [-0.3, -0.25) is 10.3 Å². The predicted octanol–water partition coefficient (Wildman–Crippen LogP) is 6.27. The normalized spacial score (nSPS) is 10.5. The number of hydrogen-bond donors (Lipinski definition) is 1. The van der Waals surface area contributed by atoms with Crippen LogP contribution in [-0.2, 0) is 11.3 Å². The Morgan fingerprint density at radius 1 is 0.966 bits per heavy atom. The van der Waals surface area contributed by atoms with Gasteiger partial charge in [0, 0.05) is 40.3 Å². The molecule has 0 aliphatic rings. The van der Waals surface area contributed by atoms with Crippen LogP contribution in [0.1, 0.15) is 5.56 Å². The third-order valence-electron chi connectivity index (χ3n) is 4.18. The minimum atomic E-state index is -0.546. The fourth-order valence-corrected chi connectivity index (χ4v) is 3.89. The highest BCUT2D eigenvalue weighted by Crippen LogP contribution is 2.38. The van der Waals surface area contributed by atoms with Crippen molar-refractivity contribution in [3.05, 3.63) is 89.8 Å². The molecule has 0 saturated heterocycles. The van der Waals surface area contributed by atoms with Crippen LogP contribution >= 0.6 is 22.9 Å². The maximum Gasteiger partial charge on any atom is 0.413 e. The molecule has 2 heterocycles. The van der Waals surface area contributed by atoms with Gasteiger partial charge in [0.05, 0.1) is 4.88 Å². The summed E-state index contributed by atoms with van der Waals surface area (Å²) in [5, 5.41) is 3.78. The molecular weight excluding hydrogens is 406 g/mol. The summed E-state index contributed by atoms with van der Waals surface area (Å²) in [6, 6.07) is 19.0. The van der Waals surface area contributed by atoms with E-state index in [9.17, 15) is 4.79 Å². The number of thiazole rings is 1. The summed E-state index contributed by atoms with van der Waals surface area (Å²) in [5.41, 5.74) is 3.65. The standard InChI is InChI=1S/C22H16ClN3O2S/c23-19-9-5-4-8-16(19)18-12-24-11-10-17(18)20-13-25-21(29-20)26-22(27)28-14-15-6-2-1-3-7-15/h1-13H,14H2,(H,25,26,27). The van der Waals surface area contributed by atoms with Gasteiger partial charge in [-0.2, -0.15) is 0 Å². The fourth-order valence-electron chi connectivity index (χ4n) is 2.81. The molecule has 0 fully saturated rings. The summed E-state index contributed by atoms with van der Waals surface area (Å²) in [6.07, 6.45) is 4.66. The van der Waals surface area contributed by atoms with Crippen molar-refractivity contribution in [1.29, 1.82) is 0 Å². The van der Waals surface area contributed by atoms with Gasteiger partial charge in [0.15, 0.2) is 5.13 Å². The Morgan fingerprint density at radius 2 is 1.76 bits per heavy atom. The van der Waals surface area contributed by atoms with E-state index in [1.807, 2.05) is 60.7 Å². The highest BCUT2D eigenvalue weighted by molar-refractivity contribution is 7.19. The van der Waals surface area contributed by atoms with E-state index in [-0.39, 0.29) is 6.61 Å². The van der Waals surface area contributed by atoms with Crippen molar-refractivity contribution >= 4 is 34.2 Å². The Labute approximate surface area is 177 Å². The van der Waals surface area contributed by atoms with E-state index in [4.69, 9.17) is 16.3 Å². The van der Waals surface area contributed by atoms with Crippen molar-refractivity contribution in [2.45, 2.75) is 6.61 Å². The molecule has 0 aliphatic heterocycles. The maximum absolute atomic E-state index is 12.1. The Hall–Kier alpha value is -3.22. The van der Waals surface area contributed by atoms with E-state index in [0.29, 0.717) is 10.2 Å². The van der Waals surface area contributed by atoms with Crippen LogP contribution in [0.3, 0.4) is 0 Å². The Balaban J connectivity index is 1.50. The number of aromatic nitrogens is 2. The van der Waals surface area contributed by atoms with Crippen molar-refractivity contribution in [3.63, 3.8) is 0 Å². The summed E-state index contributed by atoms with van der Waals surface area (Å²) in [5.74, 6) is 0. The lowest BCUT2D eigenvalue weighted by Gasteiger charge is -2.08. The SMILES string of the molecule is O=C(Nc1ncc(-c2ccncc2-c2ccccc2Cl)s1)OCc1ccccc1. The molecule has 2 aromatic carbocycles. The molecule has 0 bridgehead atoms. The highest BCUT2D eigenvalue weighted by atomic mass is 35.5. The Kier molecular flexibility index (Phi) is 5.84. The quantitative estimate of drug-likeness (QED) is 0.412. The second-order valence-electron chi connectivity index (χ2n) is 6.12. The first-order valence-electron chi connectivity index (χ1n) is 8.83. The summed E-state index contributed by atoms with van der Waals surface area (Å²) >= 11 is 7.72. The van der Waals surface area contributed by atoms with Gasteiger partial charge in [-0.25, -0.2) is 9.78 Å². The first kappa shape index (κ1) is 19.1. The van der Waals surface area contributed by atoms with Gasteiger partial charge in [-0.1, -0.05) is 71.5 Å². The Bertz CT molecular complexity index is 1130. The number of hydrogen-bond acceptors (Lipinski definition) is 5. The molecule has 1 amide bonds. The van der Waals surface area contributed by atoms with Crippen molar-refractivity contribution in [2.75, 3.05) is 5.32 Å². The molecule has 0 atom stereocenters. The number of carbonyl (C=O) groups excluding carboxylic acids is 1. The monoisotopic (exact) mass is 421 g/mol. The first-order valence-corrected chi connectivity index (χ1v) is 10.0. The van der Waals surface area contributed by atoms with E-state index in [1.165, 1.54) is 11.3 Å². The molecule has 29 heavy (non-hydrogen) atoms. The van der Waals surface area contributed by atoms with Crippen molar-refractivity contribution in [3.8, 4) is 21.6 Å². The number of amides is 1. The Morgan fingerprint density at radius 3 is 2.59 bits per heavy atom. The molecule has 0 spiro atoms. The molecular formula is C22H16ClN3O2S. The van der Waals surface area contributed by atoms with E-state index >= 15 is 0 Å². The highest BCUT2D eigenvalue weighted by Gasteiger charge is 2.14. The predicted molar refractivity (Wildman–Crippen MR) is 116 cm³/mol. The zero-order valence-corrected chi connectivity index (χ0v) is 16.8. The van der Waals surface area contributed by atoms with Gasteiger partial charge in [-0.15, -0.1) is 0 Å². The summed E-state index contributed by atoms with van der Waals surface area (Å²) in [6.45, 7) is 0.200. The van der Waals surface area contributed by atoms with Crippen LogP contribution in [0.25, 0.3) is 21.6 Å². The number of nitrogens with zero attached hydrogens (tertiary/aromatic N) is 2. The number of nitrogens with one attached hydrogen (secondary N) is 1. The van der Waals surface area contributed by atoms with Crippen LogP contribution in [0, 0.1) is 0 Å². The second kappa shape index (κ2) is 8.86. The second-order valence-corrected chi connectivity index (χ2v) is 7.56. The van der Waals surface area contributed by atoms with Crippen molar-refractivity contribution < 1.29 is 9.53 Å². The molecule has 5 nitrogen and oxygen atoms in total. The average molecular weight is 422 g/mol. The van der Waals surface area contributed by atoms with E-state index in [2.05, 4.69) is 15.3 Å². The van der Waals surface area contributed by atoms with Gasteiger partial charge >= 0.3 is 6.09 Å². The largest absolute Gasteiger partial charge is 0.444 e. The molecule has 0 radical (unpaired) electrons. The lowest BCUT2D eigenvalue weighted by atomic mass is 10.0. The smallest absolute Gasteiger partial charge is 0.413 e. The number of rotatable bonds is 5. The maximum atomic E-state index is 12.1. The van der Waals surface area contributed by atoms with Crippen LogP contribution in [0.4, 0.5) is 9.93 Å². The van der Waals surface area contributed by atoms with Crippen LogP contribution in [0.5, 0.6) is 0 Å². The van der Waals surface area contributed by atoms with Crippen molar-refractivity contribution in [2.24, 2.45) is 0 Å². The lowest BCUT2D eigenvalue weighted by Crippen LogP contribution is -2.13. The summed E-state index contributed by atoms with van der Waals surface area (Å²) in [4.78, 5) is 21.5. The molecule has 0 aliphatic carbocycles. The molecule has 7 heteroatoms. The first-order chi connectivity index (χ1) is 14.2. The molecule has 0 unspecified atom stereocenters. The lowest BCUT2D eigenvalue weighted by molar-refractivity contribution is 0.155. The number of ether oxygens (including phenoxy) is 1. The van der Waals surface area contributed by atoms with Gasteiger partial charge in [0.1, 0.15) is 6.61 Å². The number of carbonyl (C=O) groups is 1. The molecule has 144 valence electrons. The fraction of sp³-hybridized carbons (Fsp3) is 0.0455. The van der Waals surface area contributed by atoms with Crippen LogP contribution < -0.4 is 5.32 Å². The molecule has 4 aromatic rings. The van der Waals surface area contributed by atoms with E-state index < -0.39 is 6.09 Å². The van der Waals surface area contributed by atoms with Crippen LogP contribution in [0.15, 0.2) is 79.3 Å². The third-order valence-corrected chi connectivity index (χ3v) is 5.45. The van der Waals surface area contributed by atoms with Gasteiger partial charge in [0.25, 0.3) is 0 Å². The molecule has 1 N–H and O–H groups in total. The minimum Gasteiger partial charge on any atom is -0.444 e. The molecule has 4 rings (SSSR count). The van der Waals surface area contributed by atoms with Crippen molar-refractivity contribution in [1.82, 2.24) is 9.97 Å². The topological polar surface area (TPSA) is 64.1 Å². The van der Waals surface area contributed by atoms with E-state index in [1.54, 1.807) is 18.6 Å². The molecule has 0 saturated carbocycles. The van der Waals surface area contributed by atoms with Gasteiger partial charge in [-0.05, 0) is 17.7 Å². The van der Waals surface area contributed by atoms with Crippen LogP contribution in [0.2, 0.25) is 5.02 Å². The zero-order chi connectivity index (χ0) is 20.1.